The third kappa shape index (κ3) is 3.88. The summed E-state index contributed by atoms with van der Waals surface area (Å²) in [5, 5.41) is 3.39. The summed E-state index contributed by atoms with van der Waals surface area (Å²) >= 11 is 6.11. The van der Waals surface area contributed by atoms with Crippen molar-refractivity contribution in [1.82, 2.24) is 0 Å². The van der Waals surface area contributed by atoms with Gasteiger partial charge in [-0.1, -0.05) is 35.9 Å². The largest absolute Gasteiger partial charge is 0.370 e. The summed E-state index contributed by atoms with van der Waals surface area (Å²) in [6.45, 7) is 1.79. The number of hydrogen-bond donors (Lipinski definition) is 1. The summed E-state index contributed by atoms with van der Waals surface area (Å²) < 4.78 is 14.2. The molecule has 1 aliphatic heterocycles. The van der Waals surface area contributed by atoms with Crippen molar-refractivity contribution in [1.29, 1.82) is 0 Å². The Balaban J connectivity index is 1.69. The molecule has 0 atom stereocenters. The molecule has 3 rings (SSSR count). The molecule has 3 nitrogen and oxygen atoms in total. The minimum atomic E-state index is -0.398. The van der Waals surface area contributed by atoms with Crippen LogP contribution in [0.25, 0.3) is 0 Å². The minimum Gasteiger partial charge on any atom is -0.370 e. The molecule has 0 aromatic heterocycles. The smallest absolute Gasteiger partial charge is 0.224 e. The van der Waals surface area contributed by atoms with Gasteiger partial charge in [-0.15, -0.1) is 0 Å². The monoisotopic (exact) mass is 346 g/mol. The van der Waals surface area contributed by atoms with E-state index in [2.05, 4.69) is 10.2 Å². The number of aryl methyl sites for hydroxylation is 1. The molecule has 1 fully saturated rings. The van der Waals surface area contributed by atoms with Crippen LogP contribution in [0.4, 0.5) is 15.8 Å². The summed E-state index contributed by atoms with van der Waals surface area (Å²) in [5.74, 6) is -0.606. The molecule has 5 heteroatoms. The zero-order valence-electron chi connectivity index (χ0n) is 13.4. The van der Waals surface area contributed by atoms with E-state index in [9.17, 15) is 9.18 Å². The van der Waals surface area contributed by atoms with Crippen LogP contribution in [-0.2, 0) is 11.2 Å². The number of benzene rings is 2. The predicted octanol–water partition coefficient (Wildman–Crippen LogP) is 4.65. The van der Waals surface area contributed by atoms with Crippen LogP contribution in [-0.4, -0.2) is 19.0 Å². The molecular formula is C19H20ClFN2O. The number of halogens is 2. The van der Waals surface area contributed by atoms with Crippen LogP contribution in [0.5, 0.6) is 0 Å². The first-order valence-corrected chi connectivity index (χ1v) is 8.59. The van der Waals surface area contributed by atoms with Gasteiger partial charge in [0, 0.05) is 24.5 Å². The van der Waals surface area contributed by atoms with E-state index < -0.39 is 5.82 Å². The molecule has 0 unspecified atom stereocenters. The van der Waals surface area contributed by atoms with Gasteiger partial charge in [0.25, 0.3) is 0 Å². The molecule has 0 radical (unpaired) electrons. The molecule has 1 saturated heterocycles. The number of amides is 1. The van der Waals surface area contributed by atoms with Gasteiger partial charge < -0.3 is 10.2 Å². The molecule has 1 heterocycles. The zero-order chi connectivity index (χ0) is 16.9. The normalized spacial score (nSPS) is 14.0. The van der Waals surface area contributed by atoms with Gasteiger partial charge in [0.15, 0.2) is 0 Å². The Bertz CT molecular complexity index is 729. The zero-order valence-corrected chi connectivity index (χ0v) is 14.2. The van der Waals surface area contributed by atoms with Gasteiger partial charge in [0.2, 0.25) is 5.91 Å². The van der Waals surface area contributed by atoms with Gasteiger partial charge >= 0.3 is 0 Å². The van der Waals surface area contributed by atoms with Crippen LogP contribution >= 0.6 is 11.6 Å². The number of carbonyl (C=O) groups is 1. The lowest BCUT2D eigenvalue weighted by molar-refractivity contribution is -0.116. The number of anilines is 2. The standard InChI is InChI=1S/C19H20ClFN2O/c20-15-7-2-1-6-14(15)10-11-18(24)22-19-16(21)8-5-9-17(19)23-12-3-4-13-23/h1-2,5-9H,3-4,10-13H2,(H,22,24). The molecule has 0 bridgehead atoms. The highest BCUT2D eigenvalue weighted by Gasteiger charge is 2.19. The van der Waals surface area contributed by atoms with E-state index >= 15 is 0 Å². The summed E-state index contributed by atoms with van der Waals surface area (Å²) in [5.41, 5.74) is 1.96. The Morgan fingerprint density at radius 2 is 1.88 bits per heavy atom. The lowest BCUT2D eigenvalue weighted by Crippen LogP contribution is -2.22. The second kappa shape index (κ2) is 7.67. The summed E-state index contributed by atoms with van der Waals surface area (Å²) in [4.78, 5) is 14.4. The fourth-order valence-electron chi connectivity index (χ4n) is 3.01. The van der Waals surface area contributed by atoms with Crippen molar-refractivity contribution in [2.45, 2.75) is 25.7 Å². The first-order valence-electron chi connectivity index (χ1n) is 8.22. The summed E-state index contributed by atoms with van der Waals surface area (Å²) in [6, 6.07) is 12.4. The fourth-order valence-corrected chi connectivity index (χ4v) is 3.24. The highest BCUT2D eigenvalue weighted by molar-refractivity contribution is 6.31. The highest BCUT2D eigenvalue weighted by atomic mass is 35.5. The van der Waals surface area contributed by atoms with Crippen molar-refractivity contribution in [3.8, 4) is 0 Å². The van der Waals surface area contributed by atoms with Crippen molar-refractivity contribution in [2.75, 3.05) is 23.3 Å². The van der Waals surface area contributed by atoms with Crippen LogP contribution in [0.15, 0.2) is 42.5 Å². The summed E-state index contributed by atoms with van der Waals surface area (Å²) in [7, 11) is 0. The van der Waals surface area contributed by atoms with E-state index in [1.165, 1.54) is 6.07 Å². The number of rotatable bonds is 5. The van der Waals surface area contributed by atoms with E-state index in [0.29, 0.717) is 11.4 Å². The minimum absolute atomic E-state index is 0.208. The lowest BCUT2D eigenvalue weighted by Gasteiger charge is -2.22. The third-order valence-electron chi connectivity index (χ3n) is 4.28. The molecule has 1 aliphatic rings. The maximum Gasteiger partial charge on any atom is 0.224 e. The Kier molecular flexibility index (Phi) is 5.36. The van der Waals surface area contributed by atoms with E-state index in [-0.39, 0.29) is 18.0 Å². The predicted molar refractivity (Wildman–Crippen MR) is 96.2 cm³/mol. The molecule has 126 valence electrons. The first kappa shape index (κ1) is 16.8. The van der Waals surface area contributed by atoms with Crippen LogP contribution in [0, 0.1) is 5.82 Å². The Morgan fingerprint density at radius 1 is 1.12 bits per heavy atom. The van der Waals surface area contributed by atoms with Gasteiger partial charge in [0.1, 0.15) is 11.5 Å². The SMILES string of the molecule is O=C(CCc1ccccc1Cl)Nc1c(F)cccc1N1CCCC1. The average Bonchev–Trinajstić information content (AvgIpc) is 3.10. The summed E-state index contributed by atoms with van der Waals surface area (Å²) in [6.07, 6.45) is 2.98. The molecule has 1 N–H and O–H groups in total. The van der Waals surface area contributed by atoms with Crippen molar-refractivity contribution in [2.24, 2.45) is 0 Å². The fraction of sp³-hybridized carbons (Fsp3) is 0.316. The molecule has 0 saturated carbocycles. The van der Waals surface area contributed by atoms with Gasteiger partial charge in [0.05, 0.1) is 5.69 Å². The molecule has 1 amide bonds. The Hall–Kier alpha value is -2.07. The number of carbonyl (C=O) groups excluding carboxylic acids is 1. The topological polar surface area (TPSA) is 32.3 Å². The molecule has 0 spiro atoms. The maximum atomic E-state index is 14.2. The second-order valence-electron chi connectivity index (χ2n) is 5.97. The van der Waals surface area contributed by atoms with Crippen LogP contribution in [0.3, 0.4) is 0 Å². The number of hydrogen-bond acceptors (Lipinski definition) is 2. The van der Waals surface area contributed by atoms with E-state index in [4.69, 9.17) is 11.6 Å². The van der Waals surface area contributed by atoms with E-state index in [0.717, 1.165) is 37.2 Å². The Morgan fingerprint density at radius 3 is 2.62 bits per heavy atom. The van der Waals surface area contributed by atoms with E-state index in [1.54, 1.807) is 12.1 Å². The molecule has 2 aromatic rings. The van der Waals surface area contributed by atoms with Gasteiger partial charge in [-0.05, 0) is 43.0 Å². The van der Waals surface area contributed by atoms with E-state index in [1.807, 2.05) is 24.3 Å². The van der Waals surface area contributed by atoms with Crippen LogP contribution in [0.1, 0.15) is 24.8 Å². The number of nitrogens with zero attached hydrogens (tertiary/aromatic N) is 1. The van der Waals surface area contributed by atoms with Crippen LogP contribution < -0.4 is 10.2 Å². The first-order chi connectivity index (χ1) is 11.6. The van der Waals surface area contributed by atoms with Crippen molar-refractivity contribution in [3.05, 3.63) is 58.9 Å². The van der Waals surface area contributed by atoms with Crippen LogP contribution in [0.2, 0.25) is 5.02 Å². The lowest BCUT2D eigenvalue weighted by atomic mass is 10.1. The molecule has 2 aromatic carbocycles. The van der Waals surface area contributed by atoms with Gasteiger partial charge in [-0.25, -0.2) is 4.39 Å². The van der Waals surface area contributed by atoms with Crippen molar-refractivity contribution < 1.29 is 9.18 Å². The Labute approximate surface area is 146 Å². The van der Waals surface area contributed by atoms with Gasteiger partial charge in [-0.2, -0.15) is 0 Å². The van der Waals surface area contributed by atoms with Gasteiger partial charge in [-0.3, -0.25) is 4.79 Å². The third-order valence-corrected chi connectivity index (χ3v) is 4.65. The van der Waals surface area contributed by atoms with Crippen molar-refractivity contribution >= 4 is 28.9 Å². The molecular weight excluding hydrogens is 327 g/mol. The molecule has 0 aliphatic carbocycles. The highest BCUT2D eigenvalue weighted by Crippen LogP contribution is 2.31. The maximum absolute atomic E-state index is 14.2. The average molecular weight is 347 g/mol. The molecule has 24 heavy (non-hydrogen) atoms. The number of para-hydroxylation sites is 1. The number of nitrogens with one attached hydrogen (secondary N) is 1. The second-order valence-corrected chi connectivity index (χ2v) is 6.37. The van der Waals surface area contributed by atoms with Crippen molar-refractivity contribution in [3.63, 3.8) is 0 Å². The quantitative estimate of drug-likeness (QED) is 0.854.